The second-order valence-corrected chi connectivity index (χ2v) is 11.6. The zero-order chi connectivity index (χ0) is 24.6. The van der Waals surface area contributed by atoms with Crippen molar-refractivity contribution in [2.24, 2.45) is 23.7 Å². The molecule has 3 aliphatic carbocycles. The first kappa shape index (κ1) is 26.5. The highest BCUT2D eigenvalue weighted by Gasteiger charge is 2.29. The number of rotatable bonds is 11. The number of allylic oxidation sites excluding steroid dienone is 1. The molecule has 0 heterocycles. The van der Waals surface area contributed by atoms with E-state index in [1.54, 1.807) is 13.0 Å². The van der Waals surface area contributed by atoms with Gasteiger partial charge in [0, 0.05) is 0 Å². The lowest BCUT2D eigenvalue weighted by atomic mass is 9.70. The lowest BCUT2D eigenvalue weighted by molar-refractivity contribution is 0.183. The van der Waals surface area contributed by atoms with E-state index in [9.17, 15) is 8.78 Å². The van der Waals surface area contributed by atoms with Crippen molar-refractivity contribution in [3.05, 3.63) is 34.9 Å². The second kappa shape index (κ2) is 13.1. The molecule has 0 bridgehead atoms. The van der Waals surface area contributed by atoms with Gasteiger partial charge in [0.05, 0.1) is 6.61 Å². The molecule has 4 rings (SSSR count). The Morgan fingerprint density at radius 3 is 2.31 bits per heavy atom. The summed E-state index contributed by atoms with van der Waals surface area (Å²) in [6.07, 6.45) is 21.4. The van der Waals surface area contributed by atoms with Crippen LogP contribution in [0.25, 0.3) is 0 Å². The van der Waals surface area contributed by atoms with E-state index in [4.69, 9.17) is 9.47 Å². The molecular formula is C31H46F2O2. The largest absolute Gasteiger partial charge is 0.490 e. The van der Waals surface area contributed by atoms with Crippen LogP contribution in [0.3, 0.4) is 0 Å². The summed E-state index contributed by atoms with van der Waals surface area (Å²) in [5, 5.41) is 0. The molecule has 0 radical (unpaired) electrons. The third-order valence-electron chi connectivity index (χ3n) is 8.98. The summed E-state index contributed by atoms with van der Waals surface area (Å²) in [5.41, 5.74) is 1.81. The van der Waals surface area contributed by atoms with Gasteiger partial charge in [-0.15, -0.1) is 0 Å². The Balaban J connectivity index is 1.24. The third-order valence-corrected chi connectivity index (χ3v) is 8.98. The van der Waals surface area contributed by atoms with E-state index >= 15 is 0 Å². The number of hydrogen-bond donors (Lipinski definition) is 0. The van der Waals surface area contributed by atoms with Gasteiger partial charge in [-0.2, -0.15) is 8.78 Å². The molecule has 0 aromatic heterocycles. The van der Waals surface area contributed by atoms with Crippen LogP contribution in [0.15, 0.2) is 17.7 Å². The summed E-state index contributed by atoms with van der Waals surface area (Å²) in [6.45, 7) is 4.86. The Bertz CT molecular complexity index is 835. The summed E-state index contributed by atoms with van der Waals surface area (Å²) < 4.78 is 40.9. The van der Waals surface area contributed by atoms with E-state index in [2.05, 4.69) is 13.0 Å². The van der Waals surface area contributed by atoms with Crippen LogP contribution in [-0.4, -0.2) is 13.2 Å². The molecule has 3 aliphatic rings. The van der Waals surface area contributed by atoms with Crippen LogP contribution in [-0.2, 0) is 0 Å². The van der Waals surface area contributed by atoms with Crippen LogP contribution in [0.2, 0.25) is 0 Å². The Morgan fingerprint density at radius 2 is 1.63 bits per heavy atom. The van der Waals surface area contributed by atoms with Crippen LogP contribution in [0.5, 0.6) is 11.5 Å². The number of hydrogen-bond acceptors (Lipinski definition) is 2. The van der Waals surface area contributed by atoms with Crippen molar-refractivity contribution < 1.29 is 18.3 Å². The summed E-state index contributed by atoms with van der Waals surface area (Å²) in [5.74, 6) is 1.25. The highest BCUT2D eigenvalue weighted by molar-refractivity contribution is 5.42. The number of aryl methyl sites for hydroxylation is 1. The molecular weight excluding hydrogens is 442 g/mol. The Hall–Kier alpha value is -1.58. The summed E-state index contributed by atoms with van der Waals surface area (Å²) in [7, 11) is 0. The van der Waals surface area contributed by atoms with E-state index in [-0.39, 0.29) is 11.5 Å². The minimum absolute atomic E-state index is 0.0130. The predicted octanol–water partition coefficient (Wildman–Crippen LogP) is 9.33. The van der Waals surface area contributed by atoms with Crippen LogP contribution in [0, 0.1) is 42.2 Å². The Labute approximate surface area is 211 Å². The van der Waals surface area contributed by atoms with Crippen molar-refractivity contribution in [3.8, 4) is 11.5 Å². The highest BCUT2D eigenvalue weighted by atomic mass is 19.2. The summed E-state index contributed by atoms with van der Waals surface area (Å²) in [6, 6.07) is 1.59. The molecule has 1 aromatic carbocycles. The third kappa shape index (κ3) is 7.23. The van der Waals surface area contributed by atoms with Crippen LogP contribution in [0.4, 0.5) is 8.78 Å². The van der Waals surface area contributed by atoms with Gasteiger partial charge in [-0.05, 0) is 92.7 Å². The van der Waals surface area contributed by atoms with Crippen molar-refractivity contribution in [1.82, 2.24) is 0 Å². The molecule has 196 valence electrons. The van der Waals surface area contributed by atoms with Crippen molar-refractivity contribution in [3.63, 3.8) is 0 Å². The minimum Gasteiger partial charge on any atom is -0.490 e. The molecule has 35 heavy (non-hydrogen) atoms. The maximum atomic E-state index is 14.8. The first-order valence-corrected chi connectivity index (χ1v) is 14.5. The SMILES string of the molecule is CCCCCC1CCC(C2CC=C(COc3c(C)cc(OCC4CCCC4)c(F)c3F)CC2)CC1. The first-order chi connectivity index (χ1) is 17.0. The van der Waals surface area contributed by atoms with Gasteiger partial charge in [0.15, 0.2) is 11.5 Å². The highest BCUT2D eigenvalue weighted by Crippen LogP contribution is 2.41. The minimum atomic E-state index is -0.924. The number of ether oxygens (including phenoxy) is 2. The van der Waals surface area contributed by atoms with E-state index in [0.29, 0.717) is 24.7 Å². The smallest absolute Gasteiger partial charge is 0.204 e. The summed E-state index contributed by atoms with van der Waals surface area (Å²) >= 11 is 0. The average molecular weight is 489 g/mol. The van der Waals surface area contributed by atoms with Gasteiger partial charge in [-0.3, -0.25) is 0 Å². The van der Waals surface area contributed by atoms with Gasteiger partial charge in [-0.1, -0.05) is 64.4 Å². The Morgan fingerprint density at radius 1 is 0.857 bits per heavy atom. The number of benzene rings is 1. The molecule has 0 aliphatic heterocycles. The fourth-order valence-corrected chi connectivity index (χ4v) is 6.64. The molecule has 1 unspecified atom stereocenters. The molecule has 2 nitrogen and oxygen atoms in total. The van der Waals surface area contributed by atoms with Gasteiger partial charge >= 0.3 is 0 Å². The van der Waals surface area contributed by atoms with Crippen molar-refractivity contribution in [1.29, 1.82) is 0 Å². The topological polar surface area (TPSA) is 18.5 Å². The predicted molar refractivity (Wildman–Crippen MR) is 139 cm³/mol. The van der Waals surface area contributed by atoms with E-state index in [1.165, 1.54) is 76.2 Å². The van der Waals surface area contributed by atoms with Crippen molar-refractivity contribution in [2.45, 2.75) is 110 Å². The average Bonchev–Trinajstić information content (AvgIpc) is 3.40. The van der Waals surface area contributed by atoms with E-state index in [1.807, 2.05) is 0 Å². The molecule has 1 atom stereocenters. The molecule has 4 heteroatoms. The standard InChI is InChI=1S/C31H46F2O2/c1-3-4-5-8-23-11-15-26(16-12-23)27-17-13-25(14-18-27)21-35-31-22(2)19-28(29(32)30(31)33)34-20-24-9-6-7-10-24/h13,19,23-24,26-27H,3-12,14-18,20-21H2,1-2H3. The van der Waals surface area contributed by atoms with Gasteiger partial charge in [0.1, 0.15) is 6.61 Å². The first-order valence-electron chi connectivity index (χ1n) is 14.5. The van der Waals surface area contributed by atoms with Gasteiger partial charge in [0.25, 0.3) is 0 Å². The van der Waals surface area contributed by atoms with E-state index < -0.39 is 11.6 Å². The van der Waals surface area contributed by atoms with Crippen molar-refractivity contribution in [2.75, 3.05) is 13.2 Å². The lowest BCUT2D eigenvalue weighted by Gasteiger charge is -2.35. The molecule has 0 amide bonds. The molecule has 1 aromatic rings. The fourth-order valence-electron chi connectivity index (χ4n) is 6.64. The maximum Gasteiger partial charge on any atom is 0.204 e. The molecule has 0 saturated heterocycles. The van der Waals surface area contributed by atoms with Crippen LogP contribution < -0.4 is 9.47 Å². The van der Waals surface area contributed by atoms with E-state index in [0.717, 1.165) is 43.4 Å². The zero-order valence-corrected chi connectivity index (χ0v) is 22.1. The quantitative estimate of drug-likeness (QED) is 0.228. The number of halogens is 2. The molecule has 2 fully saturated rings. The second-order valence-electron chi connectivity index (χ2n) is 11.6. The Kier molecular flexibility index (Phi) is 9.92. The lowest BCUT2D eigenvalue weighted by Crippen LogP contribution is -2.24. The molecule has 0 N–H and O–H groups in total. The van der Waals surface area contributed by atoms with Gasteiger partial charge in [0.2, 0.25) is 11.6 Å². The fraction of sp³-hybridized carbons (Fsp3) is 0.742. The van der Waals surface area contributed by atoms with Gasteiger partial charge in [-0.25, -0.2) is 0 Å². The normalized spacial score (nSPS) is 25.5. The van der Waals surface area contributed by atoms with Crippen LogP contribution in [0.1, 0.15) is 109 Å². The molecule has 0 spiro atoms. The van der Waals surface area contributed by atoms with Crippen LogP contribution >= 0.6 is 0 Å². The summed E-state index contributed by atoms with van der Waals surface area (Å²) in [4.78, 5) is 0. The zero-order valence-electron chi connectivity index (χ0n) is 22.1. The monoisotopic (exact) mass is 488 g/mol. The van der Waals surface area contributed by atoms with Crippen molar-refractivity contribution >= 4 is 0 Å². The molecule has 2 saturated carbocycles. The van der Waals surface area contributed by atoms with Gasteiger partial charge < -0.3 is 9.47 Å². The maximum absolute atomic E-state index is 14.8. The number of unbranched alkanes of at least 4 members (excludes halogenated alkanes) is 2.